The van der Waals surface area contributed by atoms with E-state index in [1.807, 2.05) is 6.92 Å². The molecule has 2 amide bonds. The van der Waals surface area contributed by atoms with Crippen LogP contribution >= 0.6 is 0 Å². The molecular weight excluding hydrogens is 308 g/mol. The van der Waals surface area contributed by atoms with Crippen molar-refractivity contribution in [2.24, 2.45) is 0 Å². The van der Waals surface area contributed by atoms with Gasteiger partial charge in [0.1, 0.15) is 6.61 Å². The number of rotatable bonds is 2. The molecule has 2 heterocycles. The molecule has 0 spiro atoms. The largest absolute Gasteiger partial charge is 0.447 e. The van der Waals surface area contributed by atoms with Crippen molar-refractivity contribution in [1.82, 2.24) is 9.80 Å². The van der Waals surface area contributed by atoms with Crippen LogP contribution in [0.15, 0.2) is 18.2 Å². The number of benzene rings is 1. The molecule has 1 aromatic carbocycles. The quantitative estimate of drug-likeness (QED) is 0.831. The molecule has 6 heteroatoms. The van der Waals surface area contributed by atoms with Crippen molar-refractivity contribution in [1.29, 1.82) is 0 Å². The first-order chi connectivity index (χ1) is 11.6. The maximum Gasteiger partial charge on any atom is 0.410 e. The van der Waals surface area contributed by atoms with Gasteiger partial charge in [-0.05, 0) is 24.5 Å². The molecule has 2 fully saturated rings. The van der Waals surface area contributed by atoms with E-state index < -0.39 is 5.54 Å². The summed E-state index contributed by atoms with van der Waals surface area (Å²) in [5.74, 6) is 0.0673. The second kappa shape index (κ2) is 5.33. The van der Waals surface area contributed by atoms with Crippen LogP contribution in [0.1, 0.15) is 46.0 Å². The maximum atomic E-state index is 13.1. The number of piperazine rings is 1. The molecule has 1 aromatic rings. The van der Waals surface area contributed by atoms with E-state index in [9.17, 15) is 14.4 Å². The van der Waals surface area contributed by atoms with E-state index in [0.29, 0.717) is 50.2 Å². The van der Waals surface area contributed by atoms with Gasteiger partial charge in [0.2, 0.25) is 0 Å². The van der Waals surface area contributed by atoms with Crippen LogP contribution in [-0.4, -0.2) is 59.4 Å². The Morgan fingerprint density at radius 2 is 2.08 bits per heavy atom. The zero-order chi connectivity index (χ0) is 16.9. The summed E-state index contributed by atoms with van der Waals surface area (Å²) in [6, 6.07) is 5.39. The predicted octanol–water partition coefficient (Wildman–Crippen LogP) is 1.87. The number of hydrogen-bond acceptors (Lipinski definition) is 4. The van der Waals surface area contributed by atoms with E-state index in [4.69, 9.17) is 4.74 Å². The molecular formula is C18H20N2O4. The molecule has 0 aromatic heterocycles. The summed E-state index contributed by atoms with van der Waals surface area (Å²) >= 11 is 0. The minimum Gasteiger partial charge on any atom is -0.447 e. The zero-order valence-corrected chi connectivity index (χ0v) is 13.7. The van der Waals surface area contributed by atoms with Gasteiger partial charge in [0.05, 0.1) is 5.54 Å². The van der Waals surface area contributed by atoms with Crippen LogP contribution in [0.2, 0.25) is 0 Å². The number of cyclic esters (lactones) is 1. The van der Waals surface area contributed by atoms with Crippen molar-refractivity contribution in [3.8, 4) is 0 Å². The highest BCUT2D eigenvalue weighted by Crippen LogP contribution is 2.33. The van der Waals surface area contributed by atoms with Crippen molar-refractivity contribution in [2.45, 2.75) is 31.7 Å². The molecule has 0 radical (unpaired) electrons. The number of hydrogen-bond donors (Lipinski definition) is 0. The van der Waals surface area contributed by atoms with Gasteiger partial charge < -0.3 is 9.64 Å². The van der Waals surface area contributed by atoms with Gasteiger partial charge in [-0.1, -0.05) is 19.1 Å². The highest BCUT2D eigenvalue weighted by Gasteiger charge is 2.50. The number of nitrogens with zero attached hydrogens (tertiary/aromatic N) is 2. The van der Waals surface area contributed by atoms with Gasteiger partial charge in [0.15, 0.2) is 5.78 Å². The Morgan fingerprint density at radius 1 is 1.25 bits per heavy atom. The second-order valence-corrected chi connectivity index (χ2v) is 6.77. The molecule has 0 saturated carbocycles. The SMILES string of the molecule is CCC12COC(=O)N1CCN(C(=O)c1cccc3c1CCC3=O)C2. The van der Waals surface area contributed by atoms with Gasteiger partial charge in [0.25, 0.3) is 5.91 Å². The maximum absolute atomic E-state index is 13.1. The predicted molar refractivity (Wildman–Crippen MR) is 86.1 cm³/mol. The fourth-order valence-corrected chi connectivity index (χ4v) is 4.10. The lowest BCUT2D eigenvalue weighted by Crippen LogP contribution is -2.62. The molecule has 3 aliphatic rings. The lowest BCUT2D eigenvalue weighted by molar-refractivity contribution is 0.0361. The topological polar surface area (TPSA) is 66.9 Å². The molecule has 2 saturated heterocycles. The molecule has 126 valence electrons. The van der Waals surface area contributed by atoms with Crippen molar-refractivity contribution in [3.05, 3.63) is 34.9 Å². The molecule has 6 nitrogen and oxygen atoms in total. The number of fused-ring (bicyclic) bond motifs is 2. The Kier molecular flexibility index (Phi) is 3.37. The Morgan fingerprint density at radius 3 is 2.88 bits per heavy atom. The standard InChI is InChI=1S/C18H20N2O4/c1-2-18-10-19(8-9-20(18)17(23)24-11-18)16(22)14-5-3-4-13-12(14)6-7-15(13)21/h3-5H,2,6-11H2,1H3. The second-order valence-electron chi connectivity index (χ2n) is 6.77. The smallest absolute Gasteiger partial charge is 0.410 e. The van der Waals surface area contributed by atoms with Crippen molar-refractivity contribution in [3.63, 3.8) is 0 Å². The average Bonchev–Trinajstić information content (AvgIpc) is 3.15. The van der Waals surface area contributed by atoms with E-state index in [0.717, 1.165) is 12.0 Å². The molecule has 2 aliphatic heterocycles. The fourth-order valence-electron chi connectivity index (χ4n) is 4.10. The van der Waals surface area contributed by atoms with Crippen LogP contribution in [-0.2, 0) is 11.2 Å². The highest BCUT2D eigenvalue weighted by molar-refractivity contribution is 6.05. The minimum absolute atomic E-state index is 0.0478. The number of carbonyl (C=O) groups is 3. The van der Waals surface area contributed by atoms with Crippen LogP contribution in [0.5, 0.6) is 0 Å². The summed E-state index contributed by atoms with van der Waals surface area (Å²) in [4.78, 5) is 40.4. The lowest BCUT2D eigenvalue weighted by atomic mass is 9.92. The van der Waals surface area contributed by atoms with Crippen LogP contribution in [0, 0.1) is 0 Å². The van der Waals surface area contributed by atoms with Crippen LogP contribution < -0.4 is 0 Å². The molecule has 1 aliphatic carbocycles. The third-order valence-electron chi connectivity index (χ3n) is 5.59. The Bertz CT molecular complexity index is 745. The monoisotopic (exact) mass is 328 g/mol. The molecule has 1 unspecified atom stereocenters. The normalized spacial score (nSPS) is 25.5. The van der Waals surface area contributed by atoms with Gasteiger partial charge >= 0.3 is 6.09 Å². The summed E-state index contributed by atoms with van der Waals surface area (Å²) in [5, 5.41) is 0. The van der Waals surface area contributed by atoms with Crippen LogP contribution in [0.25, 0.3) is 0 Å². The van der Waals surface area contributed by atoms with Crippen LogP contribution in [0.4, 0.5) is 4.79 Å². The summed E-state index contributed by atoms with van der Waals surface area (Å²) < 4.78 is 5.22. The van der Waals surface area contributed by atoms with Gasteiger partial charge in [-0.3, -0.25) is 14.5 Å². The van der Waals surface area contributed by atoms with Gasteiger partial charge in [-0.25, -0.2) is 4.79 Å². The van der Waals surface area contributed by atoms with E-state index in [1.165, 1.54) is 0 Å². The molecule has 24 heavy (non-hydrogen) atoms. The number of carbonyl (C=O) groups excluding carboxylic acids is 3. The summed E-state index contributed by atoms with van der Waals surface area (Å²) in [7, 11) is 0. The average molecular weight is 328 g/mol. The van der Waals surface area contributed by atoms with E-state index >= 15 is 0 Å². The summed E-state index contributed by atoms with van der Waals surface area (Å²) in [6.07, 6.45) is 1.58. The van der Waals surface area contributed by atoms with Crippen molar-refractivity contribution in [2.75, 3.05) is 26.2 Å². The number of ether oxygens (including phenoxy) is 1. The van der Waals surface area contributed by atoms with Gasteiger partial charge in [-0.15, -0.1) is 0 Å². The summed E-state index contributed by atoms with van der Waals surface area (Å²) in [5.41, 5.74) is 1.77. The first-order valence-corrected chi connectivity index (χ1v) is 8.44. The fraction of sp³-hybridized carbons (Fsp3) is 0.500. The highest BCUT2D eigenvalue weighted by atomic mass is 16.6. The summed E-state index contributed by atoms with van der Waals surface area (Å²) in [6.45, 7) is 3.81. The Hall–Kier alpha value is -2.37. The van der Waals surface area contributed by atoms with Crippen LogP contribution in [0.3, 0.4) is 0 Å². The first-order valence-electron chi connectivity index (χ1n) is 8.44. The molecule has 0 N–H and O–H groups in total. The molecule has 1 atom stereocenters. The third-order valence-corrected chi connectivity index (χ3v) is 5.59. The number of ketones is 1. The number of amides is 2. The van der Waals surface area contributed by atoms with Crippen molar-refractivity contribution < 1.29 is 19.1 Å². The third kappa shape index (κ3) is 2.05. The van der Waals surface area contributed by atoms with Gasteiger partial charge in [0, 0.05) is 37.2 Å². The molecule has 4 rings (SSSR count). The van der Waals surface area contributed by atoms with E-state index in [1.54, 1.807) is 28.0 Å². The van der Waals surface area contributed by atoms with Gasteiger partial charge in [-0.2, -0.15) is 0 Å². The zero-order valence-electron chi connectivity index (χ0n) is 13.7. The number of Topliss-reactive ketones (excluding diaryl/α,β-unsaturated/α-hetero) is 1. The molecule has 0 bridgehead atoms. The first kappa shape index (κ1) is 15.2. The minimum atomic E-state index is -0.418. The van der Waals surface area contributed by atoms with Crippen molar-refractivity contribution >= 4 is 17.8 Å². The van der Waals surface area contributed by atoms with E-state index in [2.05, 4.69) is 0 Å². The lowest BCUT2D eigenvalue weighted by Gasteiger charge is -2.44. The Labute approximate surface area is 140 Å². The van der Waals surface area contributed by atoms with E-state index in [-0.39, 0.29) is 17.8 Å². The Balaban J connectivity index is 1.63.